The van der Waals surface area contributed by atoms with Gasteiger partial charge in [0, 0.05) is 44.2 Å². The number of halogens is 3. The van der Waals surface area contributed by atoms with Crippen LogP contribution >= 0.6 is 0 Å². The van der Waals surface area contributed by atoms with Crippen molar-refractivity contribution < 1.29 is 27.4 Å². The van der Waals surface area contributed by atoms with Crippen LogP contribution in [0.15, 0.2) is 29.4 Å². The Labute approximate surface area is 219 Å². The molecule has 0 aliphatic carbocycles. The van der Waals surface area contributed by atoms with E-state index in [0.29, 0.717) is 41.8 Å². The minimum absolute atomic E-state index is 0.0588. The molecule has 1 aromatic carbocycles. The van der Waals surface area contributed by atoms with E-state index in [0.717, 1.165) is 0 Å². The van der Waals surface area contributed by atoms with Crippen LogP contribution in [0, 0.1) is 11.3 Å². The molecular formula is C26H33F3N6O3. The van der Waals surface area contributed by atoms with Gasteiger partial charge in [0.2, 0.25) is 5.91 Å². The summed E-state index contributed by atoms with van der Waals surface area (Å²) in [4.78, 5) is 22.1. The van der Waals surface area contributed by atoms with E-state index in [2.05, 4.69) is 10.3 Å². The molecule has 3 heterocycles. The van der Waals surface area contributed by atoms with Gasteiger partial charge < -0.3 is 24.3 Å². The lowest BCUT2D eigenvalue weighted by atomic mass is 9.90. The summed E-state index contributed by atoms with van der Waals surface area (Å²) in [5, 5.41) is 11.0. The topological polar surface area (TPSA) is 105 Å². The molecule has 2 N–H and O–H groups in total. The number of rotatable bonds is 5. The fraction of sp³-hybridized carbons (Fsp3) is 0.538. The Kier molecular flexibility index (Phi) is 7.98. The van der Waals surface area contributed by atoms with Gasteiger partial charge in [-0.2, -0.15) is 13.2 Å². The quantitative estimate of drug-likeness (QED) is 0.441. The normalized spacial score (nSPS) is 17.3. The highest BCUT2D eigenvalue weighted by Crippen LogP contribution is 2.39. The van der Waals surface area contributed by atoms with Crippen molar-refractivity contribution >= 4 is 17.6 Å². The van der Waals surface area contributed by atoms with Crippen LogP contribution in [0.2, 0.25) is 0 Å². The number of piperidine rings is 1. The molecule has 4 rings (SSSR count). The zero-order valence-electron chi connectivity index (χ0n) is 21.9. The first kappa shape index (κ1) is 27.5. The van der Waals surface area contributed by atoms with Gasteiger partial charge in [-0.1, -0.05) is 0 Å². The standard InChI is InChI=1S/C26H33F3N6O3/c1-15(2)31-24(32-16(3)30)21-14-35-11-12-37-22-13-19(5-6-20(22)25(35)33-21)38-23(26(27,28)29)18-7-9-34(10-8-18)17(4)36/h5-6,13-15,18,23H,7-12H2,1-4H3,(H2,30,31,32). The molecule has 1 amide bonds. The Morgan fingerprint density at radius 2 is 1.95 bits per heavy atom. The highest BCUT2D eigenvalue weighted by molar-refractivity contribution is 6.04. The molecule has 1 fully saturated rings. The molecular weight excluding hydrogens is 501 g/mol. The average Bonchev–Trinajstić information content (AvgIpc) is 3.17. The summed E-state index contributed by atoms with van der Waals surface area (Å²) in [5.41, 5.74) is 1.18. The van der Waals surface area contributed by atoms with Gasteiger partial charge in [-0.15, -0.1) is 0 Å². The minimum Gasteiger partial charge on any atom is -0.491 e. The average molecular weight is 535 g/mol. The number of likely N-dealkylation sites (tertiary alicyclic amines) is 1. The molecule has 0 spiro atoms. The minimum atomic E-state index is -4.56. The van der Waals surface area contributed by atoms with E-state index in [1.807, 2.05) is 24.6 Å². The Morgan fingerprint density at radius 1 is 1.24 bits per heavy atom. The molecule has 38 heavy (non-hydrogen) atoms. The summed E-state index contributed by atoms with van der Waals surface area (Å²) in [6.45, 7) is 8.25. The molecule has 2 aliphatic rings. The fourth-order valence-corrected chi connectivity index (χ4v) is 4.75. The van der Waals surface area contributed by atoms with Gasteiger partial charge in [-0.25, -0.2) is 9.98 Å². The zero-order chi connectivity index (χ0) is 27.6. The van der Waals surface area contributed by atoms with Crippen LogP contribution in [0.25, 0.3) is 11.4 Å². The van der Waals surface area contributed by atoms with Crippen molar-refractivity contribution in [1.29, 1.82) is 5.41 Å². The Balaban J connectivity index is 1.60. The molecule has 1 atom stereocenters. The largest absolute Gasteiger partial charge is 0.491 e. The maximum Gasteiger partial charge on any atom is 0.425 e. The number of nitrogens with one attached hydrogen (secondary N) is 2. The second kappa shape index (κ2) is 11.0. The van der Waals surface area contributed by atoms with Gasteiger partial charge in [-0.3, -0.25) is 10.2 Å². The number of imidazole rings is 1. The van der Waals surface area contributed by atoms with E-state index in [1.165, 1.54) is 19.1 Å². The number of hydrogen-bond donors (Lipinski definition) is 2. The number of amides is 1. The Morgan fingerprint density at radius 3 is 2.55 bits per heavy atom. The second-order valence-corrected chi connectivity index (χ2v) is 9.92. The number of aromatic nitrogens is 2. The molecule has 1 saturated heterocycles. The number of alkyl halides is 3. The van der Waals surface area contributed by atoms with Crippen LogP contribution in [0.3, 0.4) is 0 Å². The van der Waals surface area contributed by atoms with Crippen molar-refractivity contribution in [3.8, 4) is 22.9 Å². The predicted molar refractivity (Wildman–Crippen MR) is 137 cm³/mol. The Hall–Kier alpha value is -3.57. The Bertz CT molecular complexity index is 1220. The number of amidine groups is 2. The molecule has 206 valence electrons. The van der Waals surface area contributed by atoms with E-state index in [1.54, 1.807) is 17.9 Å². The number of nitrogens with zero attached hydrogens (tertiary/aromatic N) is 4. The lowest BCUT2D eigenvalue weighted by molar-refractivity contribution is -0.213. The fourth-order valence-electron chi connectivity index (χ4n) is 4.75. The maximum absolute atomic E-state index is 14.0. The third-order valence-corrected chi connectivity index (χ3v) is 6.51. The molecule has 2 aliphatic heterocycles. The van der Waals surface area contributed by atoms with E-state index < -0.39 is 18.2 Å². The molecule has 1 unspecified atom stereocenters. The van der Waals surface area contributed by atoms with Gasteiger partial charge in [0.05, 0.1) is 12.1 Å². The smallest absolute Gasteiger partial charge is 0.425 e. The molecule has 9 nitrogen and oxygen atoms in total. The van der Waals surface area contributed by atoms with Crippen LogP contribution in [-0.4, -0.2) is 70.0 Å². The molecule has 0 bridgehead atoms. The lowest BCUT2D eigenvalue weighted by Gasteiger charge is -2.36. The van der Waals surface area contributed by atoms with Crippen molar-refractivity contribution in [2.24, 2.45) is 10.9 Å². The van der Waals surface area contributed by atoms with Crippen molar-refractivity contribution in [3.63, 3.8) is 0 Å². The number of carbonyl (C=O) groups excluding carboxylic acids is 1. The SMILES string of the molecule is CC(=N)/N=C(\NC(C)C)c1cn2c(n1)-c1ccc(OC(C3CCN(C(C)=O)CC3)C(F)(F)F)cc1OCC2. The molecule has 0 radical (unpaired) electrons. The lowest BCUT2D eigenvalue weighted by Crippen LogP contribution is -2.47. The van der Waals surface area contributed by atoms with Crippen molar-refractivity contribution in [3.05, 3.63) is 30.1 Å². The summed E-state index contributed by atoms with van der Waals surface area (Å²) in [6.07, 6.45) is -4.29. The summed E-state index contributed by atoms with van der Waals surface area (Å²) in [7, 11) is 0. The predicted octanol–water partition coefficient (Wildman–Crippen LogP) is 4.25. The number of hydrogen-bond acceptors (Lipinski definition) is 5. The summed E-state index contributed by atoms with van der Waals surface area (Å²) >= 11 is 0. The van der Waals surface area contributed by atoms with Crippen LogP contribution in [-0.2, 0) is 11.3 Å². The molecule has 12 heteroatoms. The number of aliphatic imine (C=N–C) groups is 1. The van der Waals surface area contributed by atoms with E-state index in [-0.39, 0.29) is 49.5 Å². The van der Waals surface area contributed by atoms with Crippen molar-refractivity contribution in [2.75, 3.05) is 19.7 Å². The molecule has 1 aromatic heterocycles. The van der Waals surface area contributed by atoms with Crippen molar-refractivity contribution in [1.82, 2.24) is 19.8 Å². The monoisotopic (exact) mass is 534 g/mol. The van der Waals surface area contributed by atoms with Crippen LogP contribution < -0.4 is 14.8 Å². The van der Waals surface area contributed by atoms with E-state index in [4.69, 9.17) is 19.9 Å². The highest BCUT2D eigenvalue weighted by Gasteiger charge is 2.47. The summed E-state index contributed by atoms with van der Waals surface area (Å²) in [6, 6.07) is 4.70. The number of fused-ring (bicyclic) bond motifs is 3. The van der Waals surface area contributed by atoms with Crippen LogP contribution in [0.1, 0.15) is 46.2 Å². The maximum atomic E-state index is 14.0. The van der Waals surface area contributed by atoms with Gasteiger partial charge in [0.1, 0.15) is 35.5 Å². The number of benzene rings is 1. The number of ether oxygens (including phenoxy) is 2. The third-order valence-electron chi connectivity index (χ3n) is 6.51. The summed E-state index contributed by atoms with van der Waals surface area (Å²) < 4.78 is 55.4. The second-order valence-electron chi connectivity index (χ2n) is 9.92. The number of carbonyl (C=O) groups is 1. The highest BCUT2D eigenvalue weighted by atomic mass is 19.4. The van der Waals surface area contributed by atoms with Crippen LogP contribution in [0.5, 0.6) is 11.5 Å². The molecule has 2 aromatic rings. The van der Waals surface area contributed by atoms with Crippen LogP contribution in [0.4, 0.5) is 13.2 Å². The van der Waals surface area contributed by atoms with Gasteiger partial charge in [-0.05, 0) is 45.7 Å². The molecule has 0 saturated carbocycles. The van der Waals surface area contributed by atoms with Gasteiger partial charge in [0.25, 0.3) is 0 Å². The first-order valence-corrected chi connectivity index (χ1v) is 12.7. The van der Waals surface area contributed by atoms with E-state index in [9.17, 15) is 18.0 Å². The zero-order valence-corrected chi connectivity index (χ0v) is 21.9. The van der Waals surface area contributed by atoms with Gasteiger partial charge in [0.15, 0.2) is 11.9 Å². The third kappa shape index (κ3) is 6.28. The van der Waals surface area contributed by atoms with Gasteiger partial charge >= 0.3 is 6.18 Å². The first-order valence-electron chi connectivity index (χ1n) is 12.7. The first-order chi connectivity index (χ1) is 17.9. The summed E-state index contributed by atoms with van der Waals surface area (Å²) in [5.74, 6) is 0.739. The van der Waals surface area contributed by atoms with Crippen molar-refractivity contribution in [2.45, 2.75) is 65.4 Å². The van der Waals surface area contributed by atoms with E-state index >= 15 is 0 Å².